The molecule has 7 heteroatoms. The molecular weight excluding hydrogens is 366 g/mol. The summed E-state index contributed by atoms with van der Waals surface area (Å²) in [5.41, 5.74) is 1.44. The normalized spacial score (nSPS) is 16.4. The Balaban J connectivity index is 1.89. The summed E-state index contributed by atoms with van der Waals surface area (Å²) in [5, 5.41) is 9.76. The van der Waals surface area contributed by atoms with Crippen LogP contribution in [0.25, 0.3) is 0 Å². The molecule has 3 N–H and O–H groups in total. The minimum absolute atomic E-state index is 0.00631. The SMILES string of the molecule is CN=C(NCc1cccc(C(=O)NC(C)(C)C)c1)NCC(C)(C)N1CCOCC1. The second-order valence-electron chi connectivity index (χ2n) is 9.10. The van der Waals surface area contributed by atoms with Crippen LogP contribution in [0, 0.1) is 0 Å². The van der Waals surface area contributed by atoms with E-state index in [9.17, 15) is 4.79 Å². The molecule has 1 aliphatic rings. The van der Waals surface area contributed by atoms with Gasteiger partial charge in [-0.2, -0.15) is 0 Å². The number of nitrogens with zero attached hydrogens (tertiary/aromatic N) is 2. The summed E-state index contributed by atoms with van der Waals surface area (Å²) >= 11 is 0. The molecule has 29 heavy (non-hydrogen) atoms. The molecule has 1 amide bonds. The summed E-state index contributed by atoms with van der Waals surface area (Å²) in [4.78, 5) is 19.2. The first-order chi connectivity index (χ1) is 13.6. The summed E-state index contributed by atoms with van der Waals surface area (Å²) in [6, 6.07) is 7.67. The molecule has 0 saturated carbocycles. The lowest BCUT2D eigenvalue weighted by Crippen LogP contribution is -2.56. The molecule has 0 aliphatic carbocycles. The molecule has 0 atom stereocenters. The average Bonchev–Trinajstić information content (AvgIpc) is 2.68. The maximum Gasteiger partial charge on any atom is 0.251 e. The van der Waals surface area contributed by atoms with Gasteiger partial charge in [0.25, 0.3) is 5.91 Å². The highest BCUT2D eigenvalue weighted by Crippen LogP contribution is 2.15. The van der Waals surface area contributed by atoms with Crippen molar-refractivity contribution in [2.45, 2.75) is 52.2 Å². The Morgan fingerprint density at radius 2 is 1.83 bits per heavy atom. The van der Waals surface area contributed by atoms with Crippen LogP contribution in [0.1, 0.15) is 50.5 Å². The molecule has 1 saturated heterocycles. The molecule has 162 valence electrons. The van der Waals surface area contributed by atoms with Crippen LogP contribution in [0.4, 0.5) is 0 Å². The molecule has 1 aliphatic heterocycles. The number of hydrogen-bond donors (Lipinski definition) is 3. The van der Waals surface area contributed by atoms with Crippen molar-refractivity contribution in [2.24, 2.45) is 4.99 Å². The third-order valence-corrected chi connectivity index (χ3v) is 4.92. The molecule has 0 spiro atoms. The monoisotopic (exact) mass is 403 g/mol. The Morgan fingerprint density at radius 3 is 2.45 bits per heavy atom. The van der Waals surface area contributed by atoms with Crippen LogP contribution in [0.15, 0.2) is 29.3 Å². The van der Waals surface area contributed by atoms with E-state index in [2.05, 4.69) is 39.7 Å². The minimum atomic E-state index is -0.259. The number of guanidine groups is 1. The highest BCUT2D eigenvalue weighted by Gasteiger charge is 2.28. The summed E-state index contributed by atoms with van der Waals surface area (Å²) in [6.07, 6.45) is 0. The fraction of sp³-hybridized carbons (Fsp3) is 0.636. The highest BCUT2D eigenvalue weighted by atomic mass is 16.5. The molecule has 0 unspecified atom stereocenters. The van der Waals surface area contributed by atoms with Gasteiger partial charge in [-0.3, -0.25) is 14.7 Å². The van der Waals surface area contributed by atoms with Gasteiger partial charge in [0.15, 0.2) is 5.96 Å². The first-order valence-electron chi connectivity index (χ1n) is 10.3. The fourth-order valence-corrected chi connectivity index (χ4v) is 3.22. The van der Waals surface area contributed by atoms with Crippen molar-refractivity contribution in [1.82, 2.24) is 20.9 Å². The number of amides is 1. The van der Waals surface area contributed by atoms with Crippen molar-refractivity contribution >= 4 is 11.9 Å². The highest BCUT2D eigenvalue weighted by molar-refractivity contribution is 5.94. The van der Waals surface area contributed by atoms with E-state index >= 15 is 0 Å². The lowest BCUT2D eigenvalue weighted by molar-refractivity contribution is -0.00834. The minimum Gasteiger partial charge on any atom is -0.379 e. The number of morpholine rings is 1. The van der Waals surface area contributed by atoms with Gasteiger partial charge in [0.05, 0.1) is 13.2 Å². The number of hydrogen-bond acceptors (Lipinski definition) is 4. The molecular formula is C22H37N5O2. The zero-order chi connectivity index (χ0) is 21.5. The van der Waals surface area contributed by atoms with Crippen molar-refractivity contribution < 1.29 is 9.53 Å². The quantitative estimate of drug-likeness (QED) is 0.500. The van der Waals surface area contributed by atoms with Gasteiger partial charge in [-0.05, 0) is 52.3 Å². The topological polar surface area (TPSA) is 78.0 Å². The van der Waals surface area contributed by atoms with Crippen LogP contribution >= 0.6 is 0 Å². The standard InChI is InChI=1S/C22H37N5O2/c1-21(2,3)26-19(28)18-9-7-8-17(14-18)15-24-20(23-6)25-16-22(4,5)27-10-12-29-13-11-27/h7-9,14H,10-13,15-16H2,1-6H3,(H,26,28)(H2,23,24,25). The Labute approximate surface area is 175 Å². The molecule has 1 fully saturated rings. The Hall–Kier alpha value is -2.12. The maximum absolute atomic E-state index is 12.4. The van der Waals surface area contributed by atoms with Gasteiger partial charge in [0.2, 0.25) is 0 Å². The summed E-state index contributed by atoms with van der Waals surface area (Å²) in [6.45, 7) is 15.2. The summed E-state index contributed by atoms with van der Waals surface area (Å²) < 4.78 is 5.46. The lowest BCUT2D eigenvalue weighted by Gasteiger charge is -2.41. The Morgan fingerprint density at radius 1 is 1.14 bits per heavy atom. The van der Waals surface area contributed by atoms with Crippen molar-refractivity contribution in [3.05, 3.63) is 35.4 Å². The number of nitrogens with one attached hydrogen (secondary N) is 3. The number of aliphatic imine (C=N–C) groups is 1. The predicted octanol–water partition coefficient (Wildman–Crippen LogP) is 1.99. The van der Waals surface area contributed by atoms with Crippen molar-refractivity contribution in [2.75, 3.05) is 39.9 Å². The van der Waals surface area contributed by atoms with Gasteiger partial charge < -0.3 is 20.7 Å². The van der Waals surface area contributed by atoms with Crippen molar-refractivity contribution in [1.29, 1.82) is 0 Å². The number of carbonyl (C=O) groups excluding carboxylic acids is 1. The van der Waals surface area contributed by atoms with E-state index in [1.807, 2.05) is 45.0 Å². The van der Waals surface area contributed by atoms with E-state index in [1.165, 1.54) is 0 Å². The van der Waals surface area contributed by atoms with E-state index < -0.39 is 0 Å². The van der Waals surface area contributed by atoms with Gasteiger partial charge in [-0.25, -0.2) is 0 Å². The number of benzene rings is 1. The second kappa shape index (κ2) is 10.1. The maximum atomic E-state index is 12.4. The molecule has 2 rings (SSSR count). The Kier molecular flexibility index (Phi) is 8.05. The molecule has 1 aromatic carbocycles. The second-order valence-corrected chi connectivity index (χ2v) is 9.10. The molecule has 0 aromatic heterocycles. The van der Waals surface area contributed by atoms with Crippen LogP contribution in [-0.2, 0) is 11.3 Å². The number of ether oxygens (including phenoxy) is 1. The number of carbonyl (C=O) groups is 1. The van der Waals surface area contributed by atoms with Gasteiger partial charge in [0, 0.05) is 49.9 Å². The van der Waals surface area contributed by atoms with Crippen LogP contribution in [-0.4, -0.2) is 67.7 Å². The third kappa shape index (κ3) is 7.66. The van der Waals surface area contributed by atoms with E-state index in [-0.39, 0.29) is 17.0 Å². The number of rotatable bonds is 6. The predicted molar refractivity (Wildman–Crippen MR) is 118 cm³/mol. The zero-order valence-corrected chi connectivity index (χ0v) is 18.8. The van der Waals surface area contributed by atoms with Crippen molar-refractivity contribution in [3.8, 4) is 0 Å². The molecule has 7 nitrogen and oxygen atoms in total. The average molecular weight is 404 g/mol. The van der Waals surface area contributed by atoms with E-state index in [0.29, 0.717) is 12.1 Å². The summed E-state index contributed by atoms with van der Waals surface area (Å²) in [7, 11) is 1.77. The van der Waals surface area contributed by atoms with Crippen LogP contribution < -0.4 is 16.0 Å². The van der Waals surface area contributed by atoms with E-state index in [1.54, 1.807) is 7.05 Å². The third-order valence-electron chi connectivity index (χ3n) is 4.92. The molecule has 1 heterocycles. The molecule has 0 bridgehead atoms. The van der Waals surface area contributed by atoms with Gasteiger partial charge in [0.1, 0.15) is 0 Å². The van der Waals surface area contributed by atoms with Crippen LogP contribution in [0.5, 0.6) is 0 Å². The first kappa shape index (κ1) is 23.2. The molecule has 1 aromatic rings. The Bertz CT molecular complexity index is 703. The smallest absolute Gasteiger partial charge is 0.251 e. The van der Waals surface area contributed by atoms with Crippen molar-refractivity contribution in [3.63, 3.8) is 0 Å². The van der Waals surface area contributed by atoms with Gasteiger partial charge >= 0.3 is 0 Å². The lowest BCUT2D eigenvalue weighted by atomic mass is 10.0. The van der Waals surface area contributed by atoms with Crippen LogP contribution in [0.3, 0.4) is 0 Å². The van der Waals surface area contributed by atoms with Crippen LogP contribution in [0.2, 0.25) is 0 Å². The van der Waals surface area contributed by atoms with Gasteiger partial charge in [-0.15, -0.1) is 0 Å². The van der Waals surface area contributed by atoms with E-state index in [4.69, 9.17) is 4.74 Å². The van der Waals surface area contributed by atoms with Gasteiger partial charge in [-0.1, -0.05) is 12.1 Å². The largest absolute Gasteiger partial charge is 0.379 e. The van der Waals surface area contributed by atoms with E-state index in [0.717, 1.165) is 44.4 Å². The zero-order valence-electron chi connectivity index (χ0n) is 18.8. The first-order valence-corrected chi connectivity index (χ1v) is 10.3. The molecule has 0 radical (unpaired) electrons. The fourth-order valence-electron chi connectivity index (χ4n) is 3.22. The summed E-state index contributed by atoms with van der Waals surface area (Å²) in [5.74, 6) is 0.685.